The molecular formula is C42H52N6O9. The Morgan fingerprint density at radius 3 is 1.23 bits per heavy atom. The van der Waals surface area contributed by atoms with Crippen LogP contribution < -0.4 is 5.32 Å². The van der Waals surface area contributed by atoms with Crippen LogP contribution in [0.25, 0.3) is 0 Å². The summed E-state index contributed by atoms with van der Waals surface area (Å²) in [6.45, 7) is -1.92. The molecule has 3 aromatic rings. The summed E-state index contributed by atoms with van der Waals surface area (Å²) in [7, 11) is 2.90. The predicted octanol–water partition coefficient (Wildman–Crippen LogP) is 1.33. The zero-order valence-electron chi connectivity index (χ0n) is 32.6. The van der Waals surface area contributed by atoms with Gasteiger partial charge in [-0.25, -0.2) is 0 Å². The van der Waals surface area contributed by atoms with E-state index in [1.807, 2.05) is 36.4 Å². The van der Waals surface area contributed by atoms with E-state index in [0.717, 1.165) is 10.5 Å². The minimum atomic E-state index is -1.21. The molecule has 0 atom stereocenters. The quantitative estimate of drug-likeness (QED) is 0.0945. The maximum atomic E-state index is 14.2. The number of amides is 5. The summed E-state index contributed by atoms with van der Waals surface area (Å²) in [5, 5.41) is 12.4. The Morgan fingerprint density at radius 1 is 0.544 bits per heavy atom. The van der Waals surface area contributed by atoms with E-state index in [1.165, 1.54) is 33.8 Å². The first-order chi connectivity index (χ1) is 27.5. The molecule has 0 aliphatic carbocycles. The molecule has 0 heterocycles. The molecule has 15 nitrogen and oxygen atoms in total. The van der Waals surface area contributed by atoms with Crippen molar-refractivity contribution in [3.8, 4) is 12.3 Å². The molecule has 0 aliphatic rings. The van der Waals surface area contributed by atoms with Crippen LogP contribution in [0.1, 0.15) is 16.7 Å². The summed E-state index contributed by atoms with van der Waals surface area (Å²) in [6, 6.07) is 27.0. The van der Waals surface area contributed by atoms with E-state index in [-0.39, 0.29) is 71.5 Å². The van der Waals surface area contributed by atoms with Crippen molar-refractivity contribution in [1.29, 1.82) is 0 Å². The highest BCUT2D eigenvalue weighted by Gasteiger charge is 2.29. The molecule has 0 unspecified atom stereocenters. The maximum absolute atomic E-state index is 14.2. The van der Waals surface area contributed by atoms with Gasteiger partial charge in [0, 0.05) is 46.9 Å². The summed E-state index contributed by atoms with van der Waals surface area (Å²) in [4.78, 5) is 87.0. The van der Waals surface area contributed by atoms with E-state index < -0.39 is 55.8 Å². The molecular weight excluding hydrogens is 732 g/mol. The highest BCUT2D eigenvalue weighted by Crippen LogP contribution is 2.11. The van der Waals surface area contributed by atoms with Crippen molar-refractivity contribution in [3.05, 3.63) is 108 Å². The summed E-state index contributed by atoms with van der Waals surface area (Å²) < 4.78 is 10.5. The first kappa shape index (κ1) is 45.3. The number of nitrogens with zero attached hydrogens (tertiary/aromatic N) is 5. The van der Waals surface area contributed by atoms with Crippen molar-refractivity contribution in [1.82, 2.24) is 29.8 Å². The van der Waals surface area contributed by atoms with Crippen molar-refractivity contribution in [2.24, 2.45) is 0 Å². The number of carbonyl (C=O) groups excluding carboxylic acids is 5. The third-order valence-corrected chi connectivity index (χ3v) is 8.68. The molecule has 0 fully saturated rings. The van der Waals surface area contributed by atoms with Crippen LogP contribution in [0.2, 0.25) is 0 Å². The van der Waals surface area contributed by atoms with Gasteiger partial charge in [-0.3, -0.25) is 34.1 Å². The number of ether oxygens (including phenoxy) is 2. The molecule has 0 aromatic heterocycles. The molecule has 15 heteroatoms. The lowest BCUT2D eigenvalue weighted by Gasteiger charge is -2.31. The number of carbonyl (C=O) groups is 6. The van der Waals surface area contributed by atoms with Crippen molar-refractivity contribution >= 4 is 35.5 Å². The molecule has 2 N–H and O–H groups in total. The van der Waals surface area contributed by atoms with Gasteiger partial charge in [-0.1, -0.05) is 96.9 Å². The highest BCUT2D eigenvalue weighted by atomic mass is 16.5. The fraction of sp³-hybridized carbons (Fsp3) is 0.381. The Hall–Kier alpha value is -6.08. The summed E-state index contributed by atoms with van der Waals surface area (Å²) in [6.07, 6.45) is 5.33. The fourth-order valence-corrected chi connectivity index (χ4v) is 5.66. The van der Waals surface area contributed by atoms with E-state index in [9.17, 15) is 33.9 Å². The van der Waals surface area contributed by atoms with Gasteiger partial charge in [0.25, 0.3) is 0 Å². The Morgan fingerprint density at radius 2 is 0.877 bits per heavy atom. The van der Waals surface area contributed by atoms with E-state index in [0.29, 0.717) is 11.1 Å². The maximum Gasteiger partial charge on any atom is 0.323 e. The standard InChI is InChI=1S/C42H52N6O9/c1-4-20-43-25-37(49)46(26-34-14-8-5-9-15-34)31-38(50)44(21-23-56-2)29-40(52)47(27-35-16-10-6-11-17-35)32-39(51)45(22-24-57-3)30-41(53)48(33-42(54)55)28-36-18-12-7-13-19-36/h1,5-19,43H,20-33H2,2-3H3,(H,54,55). The van der Waals surface area contributed by atoms with Gasteiger partial charge in [0.05, 0.1) is 39.4 Å². The first-order valence-corrected chi connectivity index (χ1v) is 18.4. The van der Waals surface area contributed by atoms with Crippen LogP contribution in [0.5, 0.6) is 0 Å². The zero-order valence-corrected chi connectivity index (χ0v) is 32.6. The molecule has 57 heavy (non-hydrogen) atoms. The fourth-order valence-electron chi connectivity index (χ4n) is 5.66. The number of benzene rings is 3. The Bertz CT molecular complexity index is 1770. The van der Waals surface area contributed by atoms with Gasteiger partial charge in [0.1, 0.15) is 19.6 Å². The lowest BCUT2D eigenvalue weighted by atomic mass is 10.2. The van der Waals surface area contributed by atoms with Crippen molar-refractivity contribution < 1.29 is 43.3 Å². The number of aliphatic carboxylic acids is 1. The van der Waals surface area contributed by atoms with Crippen molar-refractivity contribution in [3.63, 3.8) is 0 Å². The van der Waals surface area contributed by atoms with Crippen LogP contribution >= 0.6 is 0 Å². The number of rotatable bonds is 25. The lowest BCUT2D eigenvalue weighted by molar-refractivity contribution is -0.149. The average Bonchev–Trinajstić information content (AvgIpc) is 3.21. The van der Waals surface area contributed by atoms with Gasteiger partial charge in [-0.05, 0) is 16.7 Å². The topological polar surface area (TPSA) is 169 Å². The molecule has 0 saturated carbocycles. The van der Waals surface area contributed by atoms with E-state index in [1.54, 1.807) is 54.6 Å². The molecule has 5 amide bonds. The smallest absolute Gasteiger partial charge is 0.323 e. The van der Waals surface area contributed by atoms with Crippen LogP contribution in [0.15, 0.2) is 91.0 Å². The van der Waals surface area contributed by atoms with Gasteiger partial charge >= 0.3 is 5.97 Å². The number of carboxylic acid groups (broad SMARTS) is 1. The van der Waals surface area contributed by atoms with Crippen molar-refractivity contribution in [2.75, 3.05) is 86.3 Å². The van der Waals surface area contributed by atoms with Gasteiger partial charge in [0.2, 0.25) is 29.5 Å². The Balaban J connectivity index is 1.85. The summed E-state index contributed by atoms with van der Waals surface area (Å²) in [5.74, 6) is -1.44. The lowest BCUT2D eigenvalue weighted by Crippen LogP contribution is -2.51. The molecule has 3 rings (SSSR count). The van der Waals surface area contributed by atoms with E-state index in [4.69, 9.17) is 15.9 Å². The number of terminal acetylenes is 1. The van der Waals surface area contributed by atoms with E-state index in [2.05, 4.69) is 11.2 Å². The SMILES string of the molecule is C#CCNCC(=O)N(CC(=O)N(CCOC)CC(=O)N(CC(=O)N(CCOC)CC(=O)N(CC(=O)O)Cc1ccccc1)Cc1ccccc1)Cc1ccccc1. The van der Waals surface area contributed by atoms with Gasteiger partial charge in [0.15, 0.2) is 0 Å². The van der Waals surface area contributed by atoms with E-state index >= 15 is 0 Å². The minimum absolute atomic E-state index is 0.00238. The molecule has 0 spiro atoms. The third kappa shape index (κ3) is 16.7. The number of nitrogens with one attached hydrogen (secondary N) is 1. The Kier molecular flexibility index (Phi) is 20.0. The number of methoxy groups -OCH3 is 2. The minimum Gasteiger partial charge on any atom is -0.480 e. The summed E-state index contributed by atoms with van der Waals surface area (Å²) >= 11 is 0. The van der Waals surface area contributed by atoms with Crippen LogP contribution in [0.3, 0.4) is 0 Å². The number of hydrogen-bond donors (Lipinski definition) is 2. The van der Waals surface area contributed by atoms with Gasteiger partial charge in [-0.15, -0.1) is 6.42 Å². The van der Waals surface area contributed by atoms with Crippen LogP contribution in [-0.4, -0.2) is 151 Å². The highest BCUT2D eigenvalue weighted by molar-refractivity contribution is 5.92. The van der Waals surface area contributed by atoms with Crippen molar-refractivity contribution in [2.45, 2.75) is 19.6 Å². The summed E-state index contributed by atoms with van der Waals surface area (Å²) in [5.41, 5.74) is 2.22. The second-order valence-corrected chi connectivity index (χ2v) is 13.0. The van der Waals surface area contributed by atoms with Crippen LogP contribution in [0, 0.1) is 12.3 Å². The second kappa shape index (κ2) is 25.2. The molecule has 3 aromatic carbocycles. The molecule has 0 saturated heterocycles. The normalized spacial score (nSPS) is 10.5. The first-order valence-electron chi connectivity index (χ1n) is 18.4. The molecule has 0 bridgehead atoms. The molecule has 304 valence electrons. The van der Waals surface area contributed by atoms with Crippen LogP contribution in [0.4, 0.5) is 0 Å². The average molecular weight is 785 g/mol. The number of hydrogen-bond acceptors (Lipinski definition) is 9. The monoisotopic (exact) mass is 784 g/mol. The van der Waals surface area contributed by atoms with Gasteiger partial charge in [-0.2, -0.15) is 0 Å². The van der Waals surface area contributed by atoms with Gasteiger partial charge < -0.3 is 39.1 Å². The predicted molar refractivity (Wildman–Crippen MR) is 212 cm³/mol. The number of carboxylic acids is 1. The molecule has 0 radical (unpaired) electrons. The second-order valence-electron chi connectivity index (χ2n) is 13.0. The largest absolute Gasteiger partial charge is 0.480 e. The molecule has 0 aliphatic heterocycles. The Labute approximate surface area is 334 Å². The third-order valence-electron chi connectivity index (χ3n) is 8.68. The zero-order chi connectivity index (χ0) is 41.4. The van der Waals surface area contributed by atoms with Crippen LogP contribution in [-0.2, 0) is 57.9 Å².